The summed E-state index contributed by atoms with van der Waals surface area (Å²) in [4.78, 5) is 22.7. The SMILES string of the molecule is CC(=O)O[C@@H]1CC[C@]2(C)O[C@@H]3CC[C@@H](C=O)O[C@@]3(C)CC[C@H]2OC1(C)C. The normalized spacial score (nSPS) is 45.4. The number of hydrogen-bond donors (Lipinski definition) is 0. The summed E-state index contributed by atoms with van der Waals surface area (Å²) in [5.74, 6) is -0.284. The van der Waals surface area contributed by atoms with Gasteiger partial charge < -0.3 is 23.7 Å². The van der Waals surface area contributed by atoms with Crippen LogP contribution in [0.2, 0.25) is 0 Å². The Morgan fingerprint density at radius 2 is 1.54 bits per heavy atom. The minimum atomic E-state index is -0.583. The fourth-order valence-electron chi connectivity index (χ4n) is 4.74. The van der Waals surface area contributed by atoms with Crippen LogP contribution in [0.25, 0.3) is 0 Å². The highest BCUT2D eigenvalue weighted by molar-refractivity contribution is 5.66. The summed E-state index contributed by atoms with van der Waals surface area (Å²) in [6, 6.07) is 0. The van der Waals surface area contributed by atoms with Crippen LogP contribution in [0.3, 0.4) is 0 Å². The van der Waals surface area contributed by atoms with Crippen LogP contribution >= 0.6 is 0 Å². The van der Waals surface area contributed by atoms with Gasteiger partial charge in [-0.15, -0.1) is 0 Å². The summed E-state index contributed by atoms with van der Waals surface area (Å²) < 4.78 is 24.7. The molecule has 3 fully saturated rings. The molecule has 0 aromatic rings. The van der Waals surface area contributed by atoms with Crippen molar-refractivity contribution in [2.45, 2.75) is 114 Å². The molecule has 3 aliphatic heterocycles. The molecule has 0 aromatic heterocycles. The smallest absolute Gasteiger partial charge is 0.303 e. The van der Waals surface area contributed by atoms with E-state index < -0.39 is 16.8 Å². The van der Waals surface area contributed by atoms with Crippen LogP contribution in [0.5, 0.6) is 0 Å². The lowest BCUT2D eigenvalue weighted by Crippen LogP contribution is -2.52. The van der Waals surface area contributed by atoms with Gasteiger partial charge in [0.25, 0.3) is 0 Å². The predicted molar refractivity (Wildman–Crippen MR) is 94.8 cm³/mol. The highest BCUT2D eigenvalue weighted by Crippen LogP contribution is 2.47. The molecule has 6 heteroatoms. The molecule has 3 saturated heterocycles. The first-order valence-electron chi connectivity index (χ1n) is 9.74. The standard InChI is InChI=1S/C20H32O6/c1-13(22)23-15-8-10-20(5)17(25-18(15,2)3)9-11-19(4)16(26-20)7-6-14(12-21)24-19/h12,14-17H,6-11H2,1-5H3/t14-,15+,16+,17+,19-,20-/m0/s1. The van der Waals surface area contributed by atoms with Crippen molar-refractivity contribution in [1.82, 2.24) is 0 Å². The molecule has 3 heterocycles. The molecule has 0 bridgehead atoms. The maximum atomic E-state index is 11.5. The van der Waals surface area contributed by atoms with Gasteiger partial charge in [-0.05, 0) is 66.2 Å². The van der Waals surface area contributed by atoms with Crippen molar-refractivity contribution in [2.75, 3.05) is 0 Å². The van der Waals surface area contributed by atoms with Crippen molar-refractivity contribution in [3.8, 4) is 0 Å². The molecular weight excluding hydrogens is 336 g/mol. The van der Waals surface area contributed by atoms with Gasteiger partial charge in [0.2, 0.25) is 0 Å². The maximum Gasteiger partial charge on any atom is 0.303 e. The van der Waals surface area contributed by atoms with E-state index in [4.69, 9.17) is 18.9 Å². The number of ether oxygens (including phenoxy) is 4. The first-order valence-corrected chi connectivity index (χ1v) is 9.74. The van der Waals surface area contributed by atoms with Gasteiger partial charge in [0.1, 0.15) is 18.5 Å². The molecule has 148 valence electrons. The Labute approximate surface area is 155 Å². The van der Waals surface area contributed by atoms with E-state index >= 15 is 0 Å². The van der Waals surface area contributed by atoms with Crippen molar-refractivity contribution in [2.24, 2.45) is 0 Å². The number of carbonyl (C=O) groups excluding carboxylic acids is 2. The minimum Gasteiger partial charge on any atom is -0.460 e. The van der Waals surface area contributed by atoms with Gasteiger partial charge in [-0.25, -0.2) is 0 Å². The number of hydrogen-bond acceptors (Lipinski definition) is 6. The third kappa shape index (κ3) is 3.69. The predicted octanol–water partition coefficient (Wildman–Crippen LogP) is 2.95. The van der Waals surface area contributed by atoms with Crippen LogP contribution < -0.4 is 0 Å². The lowest BCUT2D eigenvalue weighted by Gasteiger charge is -2.44. The van der Waals surface area contributed by atoms with Gasteiger partial charge in [-0.2, -0.15) is 0 Å². The quantitative estimate of drug-likeness (QED) is 0.551. The Balaban J connectivity index is 1.83. The second-order valence-electron chi connectivity index (χ2n) is 8.99. The maximum absolute atomic E-state index is 11.5. The number of aldehydes is 1. The lowest BCUT2D eigenvalue weighted by atomic mass is 9.85. The van der Waals surface area contributed by atoms with Gasteiger partial charge in [0, 0.05) is 6.92 Å². The molecular formula is C20H32O6. The van der Waals surface area contributed by atoms with Gasteiger partial charge >= 0.3 is 5.97 Å². The fraction of sp³-hybridized carbons (Fsp3) is 0.900. The molecule has 0 unspecified atom stereocenters. The summed E-state index contributed by atoms with van der Waals surface area (Å²) in [7, 11) is 0. The number of fused-ring (bicyclic) bond motifs is 2. The molecule has 0 amide bonds. The largest absolute Gasteiger partial charge is 0.460 e. The molecule has 6 atom stereocenters. The monoisotopic (exact) mass is 368 g/mol. The Bertz CT molecular complexity index is 561. The van der Waals surface area contributed by atoms with E-state index in [0.29, 0.717) is 12.8 Å². The number of rotatable bonds is 2. The first kappa shape index (κ1) is 19.8. The molecule has 26 heavy (non-hydrogen) atoms. The summed E-state index contributed by atoms with van der Waals surface area (Å²) in [6.07, 6.45) is 4.58. The molecule has 3 rings (SSSR count). The second kappa shape index (κ2) is 6.88. The van der Waals surface area contributed by atoms with E-state index in [2.05, 4.69) is 13.8 Å². The molecule has 0 saturated carbocycles. The molecule has 0 aromatic carbocycles. The van der Waals surface area contributed by atoms with Crippen LogP contribution in [-0.4, -0.2) is 53.5 Å². The molecule has 3 aliphatic rings. The van der Waals surface area contributed by atoms with E-state index in [1.54, 1.807) is 0 Å². The molecule has 0 aliphatic carbocycles. The number of carbonyl (C=O) groups is 2. The van der Waals surface area contributed by atoms with Crippen LogP contribution in [0, 0.1) is 0 Å². The van der Waals surface area contributed by atoms with Gasteiger partial charge in [-0.3, -0.25) is 4.79 Å². The van der Waals surface area contributed by atoms with Crippen molar-refractivity contribution >= 4 is 12.3 Å². The third-order valence-electron chi connectivity index (χ3n) is 6.39. The number of esters is 1. The van der Waals surface area contributed by atoms with E-state index in [0.717, 1.165) is 32.0 Å². The molecule has 0 spiro atoms. The van der Waals surface area contributed by atoms with Crippen LogP contribution in [-0.2, 0) is 28.5 Å². The summed E-state index contributed by atoms with van der Waals surface area (Å²) in [5.41, 5.74) is -1.52. The zero-order valence-corrected chi connectivity index (χ0v) is 16.6. The minimum absolute atomic E-state index is 0.0642. The van der Waals surface area contributed by atoms with Crippen LogP contribution in [0.1, 0.15) is 73.1 Å². The van der Waals surface area contributed by atoms with Crippen molar-refractivity contribution in [3.05, 3.63) is 0 Å². The Morgan fingerprint density at radius 1 is 0.923 bits per heavy atom. The van der Waals surface area contributed by atoms with E-state index in [1.165, 1.54) is 6.92 Å². The Hall–Kier alpha value is -0.980. The second-order valence-corrected chi connectivity index (χ2v) is 8.99. The summed E-state index contributed by atoms with van der Waals surface area (Å²) >= 11 is 0. The lowest BCUT2D eigenvalue weighted by molar-refractivity contribution is -0.234. The highest BCUT2D eigenvalue weighted by atomic mass is 16.6. The Morgan fingerprint density at radius 3 is 2.19 bits per heavy atom. The van der Waals surface area contributed by atoms with Gasteiger partial charge in [0.05, 0.1) is 29.0 Å². The molecule has 6 nitrogen and oxygen atoms in total. The van der Waals surface area contributed by atoms with Crippen molar-refractivity contribution in [3.63, 3.8) is 0 Å². The fourth-order valence-corrected chi connectivity index (χ4v) is 4.74. The summed E-state index contributed by atoms with van der Waals surface area (Å²) in [5, 5.41) is 0. The highest BCUT2D eigenvalue weighted by Gasteiger charge is 2.54. The van der Waals surface area contributed by atoms with Gasteiger partial charge in [0.15, 0.2) is 0 Å². The zero-order chi connectivity index (χ0) is 19.2. The van der Waals surface area contributed by atoms with Crippen LogP contribution in [0.15, 0.2) is 0 Å². The summed E-state index contributed by atoms with van der Waals surface area (Å²) in [6.45, 7) is 9.54. The van der Waals surface area contributed by atoms with Crippen molar-refractivity contribution in [1.29, 1.82) is 0 Å². The zero-order valence-electron chi connectivity index (χ0n) is 16.6. The van der Waals surface area contributed by atoms with Crippen molar-refractivity contribution < 1.29 is 28.5 Å². The van der Waals surface area contributed by atoms with Crippen LogP contribution in [0.4, 0.5) is 0 Å². The first-order chi connectivity index (χ1) is 12.1. The molecule has 0 radical (unpaired) electrons. The average Bonchev–Trinajstić information content (AvgIpc) is 2.71. The van der Waals surface area contributed by atoms with E-state index in [1.807, 2.05) is 13.8 Å². The van der Waals surface area contributed by atoms with E-state index in [9.17, 15) is 9.59 Å². The topological polar surface area (TPSA) is 71.1 Å². The van der Waals surface area contributed by atoms with Gasteiger partial charge in [-0.1, -0.05) is 0 Å². The third-order valence-corrected chi connectivity index (χ3v) is 6.39. The molecule has 0 N–H and O–H groups in total. The average molecular weight is 368 g/mol. The van der Waals surface area contributed by atoms with E-state index in [-0.39, 0.29) is 30.4 Å². The Kier molecular flexibility index (Phi) is 5.23.